The number of esters is 1. The van der Waals surface area contributed by atoms with Crippen molar-refractivity contribution in [2.45, 2.75) is 40.4 Å². The van der Waals surface area contributed by atoms with E-state index in [1.54, 1.807) is 16.7 Å². The highest BCUT2D eigenvalue weighted by Gasteiger charge is 2.29. The second-order valence-corrected chi connectivity index (χ2v) is 11.7. The molecule has 7 nitrogen and oxygen atoms in total. The summed E-state index contributed by atoms with van der Waals surface area (Å²) >= 11 is 1.59. The van der Waals surface area contributed by atoms with E-state index in [1.807, 2.05) is 48.5 Å². The van der Waals surface area contributed by atoms with Crippen molar-refractivity contribution in [3.05, 3.63) is 78.4 Å². The van der Waals surface area contributed by atoms with Crippen molar-refractivity contribution in [1.29, 1.82) is 0 Å². The van der Waals surface area contributed by atoms with Crippen LogP contribution in [0.4, 0.5) is 11.4 Å². The number of benzene rings is 3. The fraction of sp³-hybridized carbons (Fsp3) is 0.259. The predicted octanol–water partition coefficient (Wildman–Crippen LogP) is 5.24. The van der Waals surface area contributed by atoms with Crippen LogP contribution in [0, 0.1) is 0 Å². The van der Waals surface area contributed by atoms with Gasteiger partial charge in [0, 0.05) is 22.9 Å². The lowest BCUT2D eigenvalue weighted by Gasteiger charge is -2.30. The number of para-hydroxylation sites is 2. The Labute approximate surface area is 215 Å². The van der Waals surface area contributed by atoms with Gasteiger partial charge in [0.05, 0.1) is 21.8 Å². The summed E-state index contributed by atoms with van der Waals surface area (Å²) in [5.41, 5.74) is 1.67. The topological polar surface area (TPSA) is 84.0 Å². The number of rotatable bonds is 5. The molecule has 36 heavy (non-hydrogen) atoms. The Morgan fingerprint density at radius 1 is 0.778 bits per heavy atom. The van der Waals surface area contributed by atoms with E-state index in [-0.39, 0.29) is 16.4 Å². The largest absolute Gasteiger partial charge is 0.452 e. The summed E-state index contributed by atoms with van der Waals surface area (Å²) in [4.78, 5) is 29.5. The molecule has 0 saturated carbocycles. The molecule has 5 rings (SSSR count). The Hall–Kier alpha value is -3.14. The first-order valence-corrected chi connectivity index (χ1v) is 14.2. The zero-order valence-electron chi connectivity index (χ0n) is 19.6. The summed E-state index contributed by atoms with van der Waals surface area (Å²) in [6.07, 6.45) is 3.76. The van der Waals surface area contributed by atoms with Gasteiger partial charge in [-0.25, -0.2) is 13.2 Å². The Kier molecular flexibility index (Phi) is 7.13. The summed E-state index contributed by atoms with van der Waals surface area (Å²) in [5, 5.41) is 0. The molecule has 2 heterocycles. The number of fused-ring (bicyclic) bond motifs is 2. The number of sulfonamides is 1. The van der Waals surface area contributed by atoms with E-state index >= 15 is 0 Å². The monoisotopic (exact) mass is 522 g/mol. The lowest BCUT2D eigenvalue weighted by molar-refractivity contribution is -0.121. The second-order valence-electron chi connectivity index (χ2n) is 8.69. The number of nitrogens with zero attached hydrogens (tertiary/aromatic N) is 2. The minimum absolute atomic E-state index is 0.149. The lowest BCUT2D eigenvalue weighted by Crippen LogP contribution is -2.32. The zero-order chi connectivity index (χ0) is 25.1. The van der Waals surface area contributed by atoms with Gasteiger partial charge in [0.2, 0.25) is 10.0 Å². The molecular weight excluding hydrogens is 496 g/mol. The SMILES string of the molecule is O=C(OCC(=O)N1c2ccccc2Sc2ccccc21)c1ccc(S(=O)(=O)N2CCCCCC2)cc1. The molecule has 2 aliphatic heterocycles. The summed E-state index contributed by atoms with van der Waals surface area (Å²) in [6, 6.07) is 20.9. The van der Waals surface area contributed by atoms with E-state index in [0.717, 1.165) is 46.8 Å². The van der Waals surface area contributed by atoms with Crippen molar-refractivity contribution in [3.63, 3.8) is 0 Å². The third kappa shape index (κ3) is 4.91. The zero-order valence-corrected chi connectivity index (χ0v) is 21.3. The average molecular weight is 523 g/mol. The summed E-state index contributed by atoms with van der Waals surface area (Å²) in [5.74, 6) is -1.06. The maximum atomic E-state index is 13.2. The fourth-order valence-corrected chi connectivity index (χ4v) is 7.02. The molecule has 3 aromatic rings. The van der Waals surface area contributed by atoms with E-state index in [4.69, 9.17) is 4.74 Å². The molecule has 0 bridgehead atoms. The minimum atomic E-state index is -3.61. The van der Waals surface area contributed by atoms with Gasteiger partial charge in [0.1, 0.15) is 0 Å². The van der Waals surface area contributed by atoms with Crippen LogP contribution in [0.25, 0.3) is 0 Å². The molecular formula is C27H26N2O5S2. The van der Waals surface area contributed by atoms with Crippen LogP contribution in [-0.2, 0) is 19.6 Å². The van der Waals surface area contributed by atoms with E-state index in [0.29, 0.717) is 13.1 Å². The summed E-state index contributed by atoms with van der Waals surface area (Å²) in [7, 11) is -3.61. The van der Waals surface area contributed by atoms with Gasteiger partial charge in [-0.05, 0) is 61.4 Å². The van der Waals surface area contributed by atoms with Crippen LogP contribution >= 0.6 is 11.8 Å². The van der Waals surface area contributed by atoms with Gasteiger partial charge in [-0.15, -0.1) is 0 Å². The number of hydrogen-bond donors (Lipinski definition) is 0. The number of hydrogen-bond acceptors (Lipinski definition) is 6. The molecule has 0 atom stereocenters. The highest BCUT2D eigenvalue weighted by atomic mass is 32.2. The molecule has 0 N–H and O–H groups in total. The van der Waals surface area contributed by atoms with Crippen LogP contribution in [0.3, 0.4) is 0 Å². The average Bonchev–Trinajstić information content (AvgIpc) is 3.20. The Morgan fingerprint density at radius 3 is 1.92 bits per heavy atom. The van der Waals surface area contributed by atoms with Gasteiger partial charge in [-0.1, -0.05) is 48.9 Å². The molecule has 0 unspecified atom stereocenters. The van der Waals surface area contributed by atoms with Crippen molar-refractivity contribution in [2.75, 3.05) is 24.6 Å². The van der Waals surface area contributed by atoms with Crippen LogP contribution in [0.2, 0.25) is 0 Å². The standard InChI is InChI=1S/C27H26N2O5S2/c30-26(29-22-9-3-5-11-24(22)35-25-12-6-4-10-23(25)29)19-34-27(31)20-13-15-21(16-14-20)36(32,33)28-17-7-1-2-8-18-28/h3-6,9-16H,1-2,7-8,17-19H2. The molecule has 1 saturated heterocycles. The summed E-state index contributed by atoms with van der Waals surface area (Å²) < 4.78 is 32.8. The first-order chi connectivity index (χ1) is 17.4. The molecule has 0 radical (unpaired) electrons. The van der Waals surface area contributed by atoms with E-state index in [2.05, 4.69) is 0 Å². The second kappa shape index (κ2) is 10.5. The Bertz CT molecular complexity index is 1340. The van der Waals surface area contributed by atoms with Crippen molar-refractivity contribution in [3.8, 4) is 0 Å². The number of amides is 1. The van der Waals surface area contributed by atoms with Crippen LogP contribution in [0.5, 0.6) is 0 Å². The molecule has 3 aromatic carbocycles. The Morgan fingerprint density at radius 2 is 1.33 bits per heavy atom. The van der Waals surface area contributed by atoms with E-state index in [1.165, 1.54) is 28.6 Å². The van der Waals surface area contributed by atoms with Gasteiger partial charge < -0.3 is 4.74 Å². The third-order valence-electron chi connectivity index (χ3n) is 6.30. The van der Waals surface area contributed by atoms with Gasteiger partial charge in [0.25, 0.3) is 5.91 Å². The van der Waals surface area contributed by atoms with Crippen LogP contribution in [0.1, 0.15) is 36.0 Å². The summed E-state index contributed by atoms with van der Waals surface area (Å²) in [6.45, 7) is 0.574. The van der Waals surface area contributed by atoms with Crippen molar-refractivity contribution in [2.24, 2.45) is 0 Å². The molecule has 0 aromatic heterocycles. The minimum Gasteiger partial charge on any atom is -0.452 e. The highest BCUT2D eigenvalue weighted by molar-refractivity contribution is 7.99. The Balaban J connectivity index is 1.28. The van der Waals surface area contributed by atoms with Crippen LogP contribution in [-0.4, -0.2) is 44.3 Å². The van der Waals surface area contributed by atoms with Gasteiger partial charge >= 0.3 is 5.97 Å². The molecule has 9 heteroatoms. The number of ether oxygens (including phenoxy) is 1. The van der Waals surface area contributed by atoms with Gasteiger partial charge in [0.15, 0.2) is 6.61 Å². The van der Waals surface area contributed by atoms with Crippen LogP contribution in [0.15, 0.2) is 87.5 Å². The quantitative estimate of drug-likeness (QED) is 0.426. The molecule has 0 spiro atoms. The first kappa shape index (κ1) is 24.5. The van der Waals surface area contributed by atoms with E-state index in [9.17, 15) is 18.0 Å². The molecule has 186 valence electrons. The van der Waals surface area contributed by atoms with Crippen molar-refractivity contribution in [1.82, 2.24) is 4.31 Å². The number of carbonyl (C=O) groups is 2. The fourth-order valence-electron chi connectivity index (χ4n) is 4.44. The van der Waals surface area contributed by atoms with Gasteiger partial charge in [-0.2, -0.15) is 4.31 Å². The molecule has 0 aliphatic carbocycles. The van der Waals surface area contributed by atoms with Crippen molar-refractivity contribution >= 4 is 45.0 Å². The van der Waals surface area contributed by atoms with Crippen molar-refractivity contribution < 1.29 is 22.7 Å². The van der Waals surface area contributed by atoms with Crippen LogP contribution < -0.4 is 4.90 Å². The highest BCUT2D eigenvalue weighted by Crippen LogP contribution is 2.47. The lowest BCUT2D eigenvalue weighted by atomic mass is 10.2. The molecule has 1 fully saturated rings. The number of carbonyl (C=O) groups excluding carboxylic acids is 2. The van der Waals surface area contributed by atoms with Gasteiger partial charge in [-0.3, -0.25) is 9.69 Å². The maximum absolute atomic E-state index is 13.2. The predicted molar refractivity (Wildman–Crippen MR) is 138 cm³/mol. The number of anilines is 2. The molecule has 2 aliphatic rings. The smallest absolute Gasteiger partial charge is 0.338 e. The normalized spacial score (nSPS) is 15.9. The maximum Gasteiger partial charge on any atom is 0.338 e. The first-order valence-electron chi connectivity index (χ1n) is 11.9. The van der Waals surface area contributed by atoms with E-state index < -0.39 is 22.6 Å². The third-order valence-corrected chi connectivity index (χ3v) is 9.34. The molecule has 1 amide bonds.